The molecule has 0 bridgehead atoms. The Morgan fingerprint density at radius 1 is 1.47 bits per heavy atom. The Balaban J connectivity index is 1.87. The highest BCUT2D eigenvalue weighted by molar-refractivity contribution is 6.32. The van der Waals surface area contributed by atoms with Crippen molar-refractivity contribution in [3.8, 4) is 5.75 Å². The predicted molar refractivity (Wildman–Crippen MR) is 71.5 cm³/mol. The van der Waals surface area contributed by atoms with Crippen LogP contribution >= 0.6 is 11.6 Å². The number of benzene rings is 1. The molecular weight excluding hydrogens is 234 g/mol. The van der Waals surface area contributed by atoms with Gasteiger partial charge in [0.15, 0.2) is 0 Å². The summed E-state index contributed by atoms with van der Waals surface area (Å²) in [6, 6.07) is 5.80. The van der Waals surface area contributed by atoms with Gasteiger partial charge in [0.05, 0.1) is 11.6 Å². The minimum absolute atomic E-state index is 0.0107. The van der Waals surface area contributed by atoms with Gasteiger partial charge in [-0.1, -0.05) is 36.9 Å². The largest absolute Gasteiger partial charge is 0.492 e. The lowest BCUT2D eigenvalue weighted by Gasteiger charge is -2.25. The van der Waals surface area contributed by atoms with Crippen molar-refractivity contribution in [2.24, 2.45) is 11.7 Å². The van der Waals surface area contributed by atoms with Crippen LogP contribution in [-0.2, 0) is 0 Å². The maximum atomic E-state index is 6.16. The van der Waals surface area contributed by atoms with Gasteiger partial charge in [-0.2, -0.15) is 0 Å². The maximum absolute atomic E-state index is 6.16. The van der Waals surface area contributed by atoms with Gasteiger partial charge in [-0.25, -0.2) is 0 Å². The van der Waals surface area contributed by atoms with Crippen molar-refractivity contribution < 1.29 is 4.74 Å². The fraction of sp³-hybridized carbons (Fsp3) is 0.571. The van der Waals surface area contributed by atoms with E-state index in [1.807, 2.05) is 25.1 Å². The highest BCUT2D eigenvalue weighted by atomic mass is 35.5. The van der Waals surface area contributed by atoms with Gasteiger partial charge in [-0.15, -0.1) is 0 Å². The van der Waals surface area contributed by atoms with E-state index in [2.05, 4.69) is 0 Å². The molecule has 0 saturated heterocycles. The van der Waals surface area contributed by atoms with E-state index in [9.17, 15) is 0 Å². The Labute approximate surface area is 108 Å². The summed E-state index contributed by atoms with van der Waals surface area (Å²) in [4.78, 5) is 0. The Bertz CT molecular complexity index is 374. The molecule has 17 heavy (non-hydrogen) atoms. The van der Waals surface area contributed by atoms with Crippen LogP contribution in [0.15, 0.2) is 18.2 Å². The topological polar surface area (TPSA) is 35.2 Å². The zero-order chi connectivity index (χ0) is 12.3. The molecule has 0 aromatic heterocycles. The monoisotopic (exact) mass is 253 g/mol. The van der Waals surface area contributed by atoms with Gasteiger partial charge in [-0.05, 0) is 37.0 Å². The molecule has 1 aromatic rings. The molecule has 0 amide bonds. The molecule has 0 spiro atoms. The third-order valence-electron chi connectivity index (χ3n) is 3.49. The van der Waals surface area contributed by atoms with Crippen LogP contribution in [-0.4, -0.2) is 6.61 Å². The minimum Gasteiger partial charge on any atom is -0.492 e. The van der Waals surface area contributed by atoms with E-state index in [0.29, 0.717) is 5.02 Å². The number of nitrogens with two attached hydrogens (primary N) is 1. The summed E-state index contributed by atoms with van der Waals surface area (Å²) in [6.07, 6.45) is 5.25. The number of rotatable bonds is 5. The highest BCUT2D eigenvalue weighted by Crippen LogP contribution is 2.31. The standard InChI is InChI=1S/C14H20ClNO/c1-10(16)12-5-6-14(13(15)9-12)17-8-7-11-3-2-4-11/h5-6,9-11H,2-4,7-8,16H2,1H3. The van der Waals surface area contributed by atoms with Crippen molar-refractivity contribution in [2.45, 2.75) is 38.6 Å². The molecule has 2 N–H and O–H groups in total. The second-order valence-corrected chi connectivity index (χ2v) is 5.32. The Hall–Kier alpha value is -0.730. The summed E-state index contributed by atoms with van der Waals surface area (Å²) < 4.78 is 5.71. The molecule has 0 radical (unpaired) electrons. The lowest BCUT2D eigenvalue weighted by atomic mass is 9.83. The Morgan fingerprint density at radius 2 is 2.24 bits per heavy atom. The van der Waals surface area contributed by atoms with Gasteiger partial charge >= 0.3 is 0 Å². The summed E-state index contributed by atoms with van der Waals surface area (Å²) in [7, 11) is 0. The first-order valence-corrected chi connectivity index (χ1v) is 6.72. The van der Waals surface area contributed by atoms with Crippen LogP contribution in [0.1, 0.15) is 44.2 Å². The van der Waals surface area contributed by atoms with E-state index in [4.69, 9.17) is 22.1 Å². The van der Waals surface area contributed by atoms with E-state index in [-0.39, 0.29) is 6.04 Å². The predicted octanol–water partition coefficient (Wildman–Crippen LogP) is 3.93. The quantitative estimate of drug-likeness (QED) is 0.863. The summed E-state index contributed by atoms with van der Waals surface area (Å²) in [5.74, 6) is 1.65. The second-order valence-electron chi connectivity index (χ2n) is 4.91. The van der Waals surface area contributed by atoms with Crippen LogP contribution in [0.3, 0.4) is 0 Å². The van der Waals surface area contributed by atoms with Crippen molar-refractivity contribution in [3.05, 3.63) is 28.8 Å². The molecule has 1 aliphatic carbocycles. The van der Waals surface area contributed by atoms with Crippen LogP contribution in [0, 0.1) is 5.92 Å². The van der Waals surface area contributed by atoms with Crippen molar-refractivity contribution in [1.82, 2.24) is 0 Å². The van der Waals surface area contributed by atoms with Crippen LogP contribution in [0.5, 0.6) is 5.75 Å². The minimum atomic E-state index is 0.0107. The van der Waals surface area contributed by atoms with Crippen LogP contribution in [0.25, 0.3) is 0 Å². The third-order valence-corrected chi connectivity index (χ3v) is 3.79. The smallest absolute Gasteiger partial charge is 0.137 e. The molecule has 0 heterocycles. The molecule has 1 atom stereocenters. The fourth-order valence-electron chi connectivity index (χ4n) is 2.03. The van der Waals surface area contributed by atoms with Gasteiger partial charge in [0.2, 0.25) is 0 Å². The van der Waals surface area contributed by atoms with Crippen LogP contribution in [0.4, 0.5) is 0 Å². The molecule has 1 unspecified atom stereocenters. The van der Waals surface area contributed by atoms with Crippen molar-refractivity contribution in [1.29, 1.82) is 0 Å². The lowest BCUT2D eigenvalue weighted by molar-refractivity contribution is 0.222. The first kappa shape index (κ1) is 12.7. The highest BCUT2D eigenvalue weighted by Gasteiger charge is 2.17. The van der Waals surface area contributed by atoms with Gasteiger partial charge in [-0.3, -0.25) is 0 Å². The van der Waals surface area contributed by atoms with Gasteiger partial charge < -0.3 is 10.5 Å². The van der Waals surface area contributed by atoms with Crippen LogP contribution < -0.4 is 10.5 Å². The Morgan fingerprint density at radius 3 is 2.76 bits per heavy atom. The Kier molecular flexibility index (Phi) is 4.30. The summed E-state index contributed by atoms with van der Waals surface area (Å²) in [5.41, 5.74) is 6.84. The molecule has 94 valence electrons. The van der Waals surface area contributed by atoms with Crippen molar-refractivity contribution in [2.75, 3.05) is 6.61 Å². The average molecular weight is 254 g/mol. The summed E-state index contributed by atoms with van der Waals surface area (Å²) >= 11 is 6.16. The SMILES string of the molecule is CC(N)c1ccc(OCCC2CCC2)c(Cl)c1. The molecule has 1 saturated carbocycles. The molecule has 1 aliphatic rings. The van der Waals surface area contributed by atoms with Crippen LogP contribution in [0.2, 0.25) is 5.02 Å². The second kappa shape index (κ2) is 5.74. The zero-order valence-corrected chi connectivity index (χ0v) is 11.0. The molecule has 1 fully saturated rings. The average Bonchev–Trinajstić information content (AvgIpc) is 2.23. The van der Waals surface area contributed by atoms with Crippen molar-refractivity contribution in [3.63, 3.8) is 0 Å². The molecular formula is C14H20ClNO. The number of halogens is 1. The van der Waals surface area contributed by atoms with E-state index in [1.165, 1.54) is 19.3 Å². The molecule has 2 nitrogen and oxygen atoms in total. The van der Waals surface area contributed by atoms with E-state index >= 15 is 0 Å². The number of hydrogen-bond donors (Lipinski definition) is 1. The summed E-state index contributed by atoms with van der Waals surface area (Å²) in [6.45, 7) is 2.71. The van der Waals surface area contributed by atoms with Gasteiger partial charge in [0.25, 0.3) is 0 Å². The third kappa shape index (κ3) is 3.36. The molecule has 0 aliphatic heterocycles. The summed E-state index contributed by atoms with van der Waals surface area (Å²) in [5, 5.41) is 0.661. The number of hydrogen-bond acceptors (Lipinski definition) is 2. The number of ether oxygens (including phenoxy) is 1. The lowest BCUT2D eigenvalue weighted by Crippen LogP contribution is -2.14. The first-order valence-electron chi connectivity index (χ1n) is 6.34. The van der Waals surface area contributed by atoms with Gasteiger partial charge in [0, 0.05) is 6.04 Å². The maximum Gasteiger partial charge on any atom is 0.137 e. The molecule has 2 rings (SSSR count). The molecule has 1 aromatic carbocycles. The van der Waals surface area contributed by atoms with Gasteiger partial charge in [0.1, 0.15) is 5.75 Å². The zero-order valence-electron chi connectivity index (χ0n) is 10.3. The van der Waals surface area contributed by atoms with E-state index in [0.717, 1.165) is 30.3 Å². The normalized spacial score (nSPS) is 17.6. The van der Waals surface area contributed by atoms with E-state index < -0.39 is 0 Å². The first-order chi connectivity index (χ1) is 8.16. The molecule has 3 heteroatoms. The van der Waals surface area contributed by atoms with E-state index in [1.54, 1.807) is 0 Å². The van der Waals surface area contributed by atoms with Crippen molar-refractivity contribution >= 4 is 11.6 Å². The fourth-order valence-corrected chi connectivity index (χ4v) is 2.28.